The Morgan fingerprint density at radius 1 is 1.32 bits per heavy atom. The number of nitrogens with one attached hydrogen (secondary N) is 1. The monoisotopic (exact) mass is 341 g/mol. The number of likely N-dealkylation sites (tertiary alicyclic amines) is 1. The van der Waals surface area contributed by atoms with Gasteiger partial charge in [-0.15, -0.1) is 0 Å². The number of hydrogen-bond acceptors (Lipinski definition) is 4. The van der Waals surface area contributed by atoms with Crippen LogP contribution < -0.4 is 11.1 Å². The number of anilines is 1. The molecule has 0 radical (unpaired) electrons. The Morgan fingerprint density at radius 3 is 2.68 bits per heavy atom. The first kappa shape index (κ1) is 17.6. The lowest BCUT2D eigenvalue weighted by atomic mass is 9.90. The first-order valence-electron chi connectivity index (χ1n) is 8.76. The van der Waals surface area contributed by atoms with Crippen molar-refractivity contribution in [1.29, 1.82) is 0 Å². The molecule has 1 aromatic heterocycles. The van der Waals surface area contributed by atoms with Crippen molar-refractivity contribution in [2.75, 3.05) is 31.5 Å². The maximum Gasteiger partial charge on any atom is 0.238 e. The highest BCUT2D eigenvalue weighted by Crippen LogP contribution is 2.28. The zero-order chi connectivity index (χ0) is 18.0. The lowest BCUT2D eigenvalue weighted by molar-refractivity contribution is -0.117. The van der Waals surface area contributed by atoms with Crippen LogP contribution in [0.1, 0.15) is 24.7 Å². The molecule has 1 aromatic carbocycles. The molecule has 0 aliphatic carbocycles. The average molecular weight is 341 g/mol. The summed E-state index contributed by atoms with van der Waals surface area (Å²) < 4.78 is 1.87. The summed E-state index contributed by atoms with van der Waals surface area (Å²) >= 11 is 0. The van der Waals surface area contributed by atoms with Crippen LogP contribution in [0.3, 0.4) is 0 Å². The summed E-state index contributed by atoms with van der Waals surface area (Å²) in [6, 6.07) is 9.94. The number of nitrogens with zero attached hydrogens (tertiary/aromatic N) is 3. The number of aromatic nitrogens is 2. The van der Waals surface area contributed by atoms with E-state index >= 15 is 0 Å². The fourth-order valence-electron chi connectivity index (χ4n) is 3.45. The van der Waals surface area contributed by atoms with Crippen LogP contribution in [0.15, 0.2) is 30.3 Å². The number of carbonyl (C=O) groups is 1. The van der Waals surface area contributed by atoms with E-state index < -0.39 is 0 Å². The van der Waals surface area contributed by atoms with E-state index in [1.54, 1.807) is 0 Å². The Labute approximate surface area is 149 Å². The maximum atomic E-state index is 12.5. The van der Waals surface area contributed by atoms with Crippen LogP contribution in [-0.4, -0.2) is 46.8 Å². The topological polar surface area (TPSA) is 76.2 Å². The summed E-state index contributed by atoms with van der Waals surface area (Å²) in [6.07, 6.45) is 1.04. The minimum atomic E-state index is 0.0000770. The van der Waals surface area contributed by atoms with Crippen molar-refractivity contribution in [2.24, 2.45) is 11.1 Å². The molecule has 1 saturated heterocycles. The van der Waals surface area contributed by atoms with E-state index in [1.165, 1.54) is 0 Å². The van der Waals surface area contributed by atoms with Gasteiger partial charge in [0.05, 0.1) is 29.3 Å². The van der Waals surface area contributed by atoms with E-state index in [2.05, 4.69) is 22.2 Å². The normalized spacial score (nSPS) is 20.8. The first-order valence-corrected chi connectivity index (χ1v) is 8.76. The van der Waals surface area contributed by atoms with Crippen molar-refractivity contribution in [3.05, 3.63) is 41.7 Å². The van der Waals surface area contributed by atoms with Crippen LogP contribution in [0.4, 0.5) is 5.69 Å². The smallest absolute Gasteiger partial charge is 0.238 e. The molecule has 2 heterocycles. The molecule has 134 valence electrons. The van der Waals surface area contributed by atoms with Crippen LogP contribution in [0.25, 0.3) is 5.69 Å². The SMILES string of the molecule is Cc1nn(-c2ccccc2)c(C)c1NC(=O)CN1CCC(C)(CN)C1. The number of carbonyl (C=O) groups excluding carboxylic acids is 1. The van der Waals surface area contributed by atoms with E-state index in [0.717, 1.165) is 42.3 Å². The predicted octanol–water partition coefficient (Wildman–Crippen LogP) is 2.10. The zero-order valence-corrected chi connectivity index (χ0v) is 15.2. The third-order valence-corrected chi connectivity index (χ3v) is 5.05. The summed E-state index contributed by atoms with van der Waals surface area (Å²) in [5, 5.41) is 7.62. The molecule has 25 heavy (non-hydrogen) atoms. The average Bonchev–Trinajstić information content (AvgIpc) is 3.11. The Kier molecular flexibility index (Phi) is 4.92. The number of aryl methyl sites for hydroxylation is 1. The lowest BCUT2D eigenvalue weighted by Crippen LogP contribution is -2.35. The Balaban J connectivity index is 1.69. The molecule has 0 bridgehead atoms. The standard InChI is InChI=1S/C19H27N5O/c1-14-18(15(2)24(22-14)16-7-5-4-6-8-16)21-17(25)11-23-10-9-19(3,12-20)13-23/h4-8H,9-13,20H2,1-3H3,(H,21,25). The van der Waals surface area contributed by atoms with E-state index in [-0.39, 0.29) is 11.3 Å². The van der Waals surface area contributed by atoms with Gasteiger partial charge in [0.2, 0.25) is 5.91 Å². The van der Waals surface area contributed by atoms with Gasteiger partial charge >= 0.3 is 0 Å². The molecule has 1 amide bonds. The number of hydrogen-bond donors (Lipinski definition) is 2. The van der Waals surface area contributed by atoms with E-state index in [0.29, 0.717) is 13.1 Å². The number of benzene rings is 1. The first-order chi connectivity index (χ1) is 11.9. The fraction of sp³-hybridized carbons (Fsp3) is 0.474. The molecule has 2 aromatic rings. The van der Waals surface area contributed by atoms with Gasteiger partial charge in [-0.05, 0) is 50.9 Å². The Morgan fingerprint density at radius 2 is 2.04 bits per heavy atom. The molecule has 1 fully saturated rings. The summed E-state index contributed by atoms with van der Waals surface area (Å²) in [5.74, 6) is 0.0000770. The molecule has 1 aliphatic rings. The molecular weight excluding hydrogens is 314 g/mol. The van der Waals surface area contributed by atoms with Gasteiger partial charge in [0.15, 0.2) is 0 Å². The van der Waals surface area contributed by atoms with Crippen molar-refractivity contribution >= 4 is 11.6 Å². The van der Waals surface area contributed by atoms with Gasteiger partial charge in [-0.3, -0.25) is 9.69 Å². The van der Waals surface area contributed by atoms with Gasteiger partial charge in [-0.2, -0.15) is 5.10 Å². The molecule has 6 nitrogen and oxygen atoms in total. The second kappa shape index (κ2) is 6.98. The summed E-state index contributed by atoms with van der Waals surface area (Å²) in [7, 11) is 0. The highest BCUT2D eigenvalue weighted by molar-refractivity contribution is 5.93. The van der Waals surface area contributed by atoms with Crippen LogP contribution >= 0.6 is 0 Å². The second-order valence-corrected chi connectivity index (χ2v) is 7.32. The van der Waals surface area contributed by atoms with Gasteiger partial charge in [0.25, 0.3) is 0 Å². The minimum Gasteiger partial charge on any atom is -0.330 e. The molecule has 1 atom stereocenters. The van der Waals surface area contributed by atoms with Crippen LogP contribution in [0.5, 0.6) is 0 Å². The third-order valence-electron chi connectivity index (χ3n) is 5.05. The van der Waals surface area contributed by atoms with Crippen LogP contribution in [0.2, 0.25) is 0 Å². The summed E-state index contributed by atoms with van der Waals surface area (Å²) in [5.41, 5.74) is 9.52. The van der Waals surface area contributed by atoms with Crippen molar-refractivity contribution in [1.82, 2.24) is 14.7 Å². The number of amides is 1. The maximum absolute atomic E-state index is 12.5. The highest BCUT2D eigenvalue weighted by atomic mass is 16.2. The molecular formula is C19H27N5O. The van der Waals surface area contributed by atoms with E-state index in [4.69, 9.17) is 5.73 Å². The quantitative estimate of drug-likeness (QED) is 0.873. The fourth-order valence-corrected chi connectivity index (χ4v) is 3.45. The van der Waals surface area contributed by atoms with Gasteiger partial charge in [-0.1, -0.05) is 25.1 Å². The molecule has 0 spiro atoms. The number of nitrogens with two attached hydrogens (primary N) is 1. The van der Waals surface area contributed by atoms with Gasteiger partial charge < -0.3 is 11.1 Å². The summed E-state index contributed by atoms with van der Waals surface area (Å²) in [4.78, 5) is 14.7. The van der Waals surface area contributed by atoms with Crippen molar-refractivity contribution in [3.63, 3.8) is 0 Å². The van der Waals surface area contributed by atoms with Crippen molar-refractivity contribution in [3.8, 4) is 5.69 Å². The highest BCUT2D eigenvalue weighted by Gasteiger charge is 2.33. The van der Waals surface area contributed by atoms with E-state index in [9.17, 15) is 4.79 Å². The molecule has 1 unspecified atom stereocenters. The third kappa shape index (κ3) is 3.75. The van der Waals surface area contributed by atoms with Crippen molar-refractivity contribution < 1.29 is 4.79 Å². The molecule has 1 aliphatic heterocycles. The summed E-state index contributed by atoms with van der Waals surface area (Å²) in [6.45, 7) is 8.93. The second-order valence-electron chi connectivity index (χ2n) is 7.32. The van der Waals surface area contributed by atoms with Gasteiger partial charge in [-0.25, -0.2) is 4.68 Å². The number of rotatable bonds is 5. The van der Waals surface area contributed by atoms with E-state index in [1.807, 2.05) is 48.9 Å². The van der Waals surface area contributed by atoms with Crippen LogP contribution in [0, 0.1) is 19.3 Å². The number of para-hydroxylation sites is 1. The van der Waals surface area contributed by atoms with Gasteiger partial charge in [0, 0.05) is 6.54 Å². The lowest BCUT2D eigenvalue weighted by Gasteiger charge is -2.22. The molecule has 0 saturated carbocycles. The zero-order valence-electron chi connectivity index (χ0n) is 15.2. The molecule has 6 heteroatoms. The predicted molar refractivity (Wildman–Crippen MR) is 99.9 cm³/mol. The van der Waals surface area contributed by atoms with Crippen molar-refractivity contribution in [2.45, 2.75) is 27.2 Å². The Bertz CT molecular complexity index is 755. The Hall–Kier alpha value is -2.18. The largest absolute Gasteiger partial charge is 0.330 e. The van der Waals surface area contributed by atoms with Crippen LogP contribution in [-0.2, 0) is 4.79 Å². The molecule has 3 rings (SSSR count). The minimum absolute atomic E-state index is 0.0000770. The molecule has 3 N–H and O–H groups in total. The van der Waals surface area contributed by atoms with Gasteiger partial charge in [0.1, 0.15) is 0 Å².